The van der Waals surface area contributed by atoms with Gasteiger partial charge in [0.05, 0.1) is 11.6 Å². The van der Waals surface area contributed by atoms with Crippen molar-refractivity contribution in [1.82, 2.24) is 0 Å². The topological polar surface area (TPSA) is 30.2 Å². The molecule has 1 heterocycles. The molecule has 0 aliphatic carbocycles. The van der Waals surface area contributed by atoms with Crippen molar-refractivity contribution in [3.63, 3.8) is 0 Å². The second kappa shape index (κ2) is 4.45. The van der Waals surface area contributed by atoms with Crippen LogP contribution in [0, 0.1) is 0 Å². The summed E-state index contributed by atoms with van der Waals surface area (Å²) in [6.07, 6.45) is 5.35. The molecule has 0 spiro atoms. The van der Waals surface area contributed by atoms with Crippen LogP contribution in [-0.4, -0.2) is 5.33 Å². The van der Waals surface area contributed by atoms with Gasteiger partial charge >= 0.3 is 0 Å². The van der Waals surface area contributed by atoms with Crippen LogP contribution < -0.4 is 5.43 Å². The van der Waals surface area contributed by atoms with E-state index in [0.29, 0.717) is 11.0 Å². The Balaban J connectivity index is 2.60. The van der Waals surface area contributed by atoms with Crippen LogP contribution in [0.2, 0.25) is 0 Å². The lowest BCUT2D eigenvalue weighted by atomic mass is 10.1. The van der Waals surface area contributed by atoms with Gasteiger partial charge in [-0.25, -0.2) is 0 Å². The van der Waals surface area contributed by atoms with E-state index in [1.54, 1.807) is 0 Å². The second-order valence-corrected chi connectivity index (χ2v) is 3.74. The highest BCUT2D eigenvalue weighted by Crippen LogP contribution is 2.13. The highest BCUT2D eigenvalue weighted by atomic mass is 79.9. The summed E-state index contributed by atoms with van der Waals surface area (Å²) in [6.45, 7) is 0. The van der Waals surface area contributed by atoms with E-state index in [9.17, 15) is 4.79 Å². The van der Waals surface area contributed by atoms with E-state index >= 15 is 0 Å². The Hall–Kier alpha value is -1.35. The maximum Gasteiger partial charge on any atom is 0.192 e. The predicted octanol–water partition coefficient (Wildman–Crippen LogP) is 3.20. The van der Waals surface area contributed by atoms with E-state index in [0.717, 1.165) is 10.9 Å². The molecular weight excluding hydrogens is 256 g/mol. The molecule has 0 unspecified atom stereocenters. The normalized spacial score (nSPS) is 11.3. The van der Waals surface area contributed by atoms with E-state index in [1.165, 1.54) is 12.3 Å². The van der Waals surface area contributed by atoms with Gasteiger partial charge in [-0.05, 0) is 17.7 Å². The van der Waals surface area contributed by atoms with Crippen molar-refractivity contribution in [2.45, 2.75) is 0 Å². The molecule has 0 amide bonds. The van der Waals surface area contributed by atoms with Crippen molar-refractivity contribution in [3.05, 3.63) is 52.4 Å². The highest BCUT2D eigenvalue weighted by molar-refractivity contribution is 9.09. The molecule has 15 heavy (non-hydrogen) atoms. The monoisotopic (exact) mass is 264 g/mol. The Morgan fingerprint density at radius 1 is 1.33 bits per heavy atom. The van der Waals surface area contributed by atoms with Gasteiger partial charge in [-0.3, -0.25) is 4.79 Å². The van der Waals surface area contributed by atoms with Gasteiger partial charge in [0.25, 0.3) is 0 Å². The quantitative estimate of drug-likeness (QED) is 0.780. The number of fused-ring (bicyclic) bond motifs is 1. The third kappa shape index (κ3) is 2.18. The predicted molar refractivity (Wildman–Crippen MR) is 65.3 cm³/mol. The van der Waals surface area contributed by atoms with Crippen molar-refractivity contribution in [2.24, 2.45) is 0 Å². The van der Waals surface area contributed by atoms with Crippen LogP contribution in [0.4, 0.5) is 0 Å². The summed E-state index contributed by atoms with van der Waals surface area (Å²) in [5.74, 6) is 0. The molecule has 2 nitrogen and oxygen atoms in total. The molecule has 0 saturated heterocycles. The van der Waals surface area contributed by atoms with Crippen molar-refractivity contribution in [1.29, 1.82) is 0 Å². The van der Waals surface area contributed by atoms with Crippen LogP contribution in [0.1, 0.15) is 5.56 Å². The first-order valence-electron chi connectivity index (χ1n) is 4.55. The number of rotatable bonds is 2. The number of alkyl halides is 1. The molecule has 0 bridgehead atoms. The summed E-state index contributed by atoms with van der Waals surface area (Å²) < 4.78 is 5.22. The van der Waals surface area contributed by atoms with Gasteiger partial charge in [-0.15, -0.1) is 0 Å². The van der Waals surface area contributed by atoms with Crippen molar-refractivity contribution >= 4 is 33.0 Å². The van der Waals surface area contributed by atoms with Crippen LogP contribution in [0.15, 0.2) is 45.8 Å². The van der Waals surface area contributed by atoms with Gasteiger partial charge in [-0.2, -0.15) is 0 Å². The minimum Gasteiger partial charge on any atom is -0.464 e. The minimum atomic E-state index is -0.00894. The summed E-state index contributed by atoms with van der Waals surface area (Å²) in [4.78, 5) is 11.5. The van der Waals surface area contributed by atoms with Gasteiger partial charge in [-0.1, -0.05) is 34.1 Å². The van der Waals surface area contributed by atoms with Crippen LogP contribution >= 0.6 is 15.9 Å². The second-order valence-electron chi connectivity index (χ2n) is 3.10. The Kier molecular flexibility index (Phi) is 3.02. The van der Waals surface area contributed by atoms with Crippen molar-refractivity contribution < 1.29 is 4.42 Å². The van der Waals surface area contributed by atoms with E-state index in [1.807, 2.05) is 30.4 Å². The fourth-order valence-corrected chi connectivity index (χ4v) is 1.57. The first-order valence-corrected chi connectivity index (χ1v) is 5.67. The first-order chi connectivity index (χ1) is 7.31. The molecule has 0 aliphatic rings. The lowest BCUT2D eigenvalue weighted by Gasteiger charge is -1.97. The summed E-state index contributed by atoms with van der Waals surface area (Å²) in [5, 5.41) is 1.42. The molecule has 0 radical (unpaired) electrons. The molecule has 76 valence electrons. The van der Waals surface area contributed by atoms with Crippen LogP contribution in [0.25, 0.3) is 17.0 Å². The van der Waals surface area contributed by atoms with E-state index in [4.69, 9.17) is 4.42 Å². The minimum absolute atomic E-state index is 0.00894. The molecule has 3 heteroatoms. The molecule has 0 N–H and O–H groups in total. The SMILES string of the molecule is O=c1ccoc2ccc(C=CCBr)cc12. The van der Waals surface area contributed by atoms with Crippen LogP contribution in [0.3, 0.4) is 0 Å². The molecule has 2 rings (SSSR count). The summed E-state index contributed by atoms with van der Waals surface area (Å²) in [5.41, 5.74) is 1.62. The Morgan fingerprint density at radius 2 is 2.20 bits per heavy atom. The average Bonchev–Trinajstić information content (AvgIpc) is 2.27. The van der Waals surface area contributed by atoms with Gasteiger partial charge < -0.3 is 4.42 Å². The maximum absolute atomic E-state index is 11.5. The van der Waals surface area contributed by atoms with E-state index in [2.05, 4.69) is 15.9 Å². The van der Waals surface area contributed by atoms with Crippen molar-refractivity contribution in [2.75, 3.05) is 5.33 Å². The zero-order chi connectivity index (χ0) is 10.7. The van der Waals surface area contributed by atoms with Crippen LogP contribution in [0.5, 0.6) is 0 Å². The lowest BCUT2D eigenvalue weighted by Crippen LogP contribution is -1.97. The fraction of sp³-hybridized carbons (Fsp3) is 0.0833. The van der Waals surface area contributed by atoms with Crippen LogP contribution in [-0.2, 0) is 0 Å². The van der Waals surface area contributed by atoms with E-state index in [-0.39, 0.29) is 5.43 Å². The van der Waals surface area contributed by atoms with E-state index < -0.39 is 0 Å². The number of hydrogen-bond acceptors (Lipinski definition) is 2. The van der Waals surface area contributed by atoms with Gasteiger partial charge in [0.1, 0.15) is 5.58 Å². The van der Waals surface area contributed by atoms with Gasteiger partial charge in [0, 0.05) is 11.4 Å². The Morgan fingerprint density at radius 3 is 3.00 bits per heavy atom. The number of hydrogen-bond donors (Lipinski definition) is 0. The standard InChI is InChI=1S/C12H9BrO2/c13-6-1-2-9-3-4-12-10(8-9)11(14)5-7-15-12/h1-5,7-8H,6H2. The average molecular weight is 265 g/mol. The molecule has 0 fully saturated rings. The molecule has 1 aromatic carbocycles. The molecule has 0 saturated carbocycles. The molecule has 0 aliphatic heterocycles. The largest absolute Gasteiger partial charge is 0.464 e. The van der Waals surface area contributed by atoms with Gasteiger partial charge in [0.15, 0.2) is 5.43 Å². The lowest BCUT2D eigenvalue weighted by molar-refractivity contribution is 0.602. The van der Waals surface area contributed by atoms with Gasteiger partial charge in [0.2, 0.25) is 0 Å². The molecule has 1 aromatic heterocycles. The number of allylic oxidation sites excluding steroid dienone is 1. The zero-order valence-electron chi connectivity index (χ0n) is 7.94. The smallest absolute Gasteiger partial charge is 0.192 e. The summed E-state index contributed by atoms with van der Waals surface area (Å²) in [6, 6.07) is 7.00. The summed E-state index contributed by atoms with van der Waals surface area (Å²) in [7, 11) is 0. The fourth-order valence-electron chi connectivity index (χ4n) is 1.39. The molecule has 2 aromatic rings. The third-order valence-electron chi connectivity index (χ3n) is 2.08. The number of halogens is 1. The Bertz CT molecular complexity index is 555. The first kappa shape index (κ1) is 10.2. The Labute approximate surface area is 95.4 Å². The highest BCUT2D eigenvalue weighted by Gasteiger charge is 1.99. The zero-order valence-corrected chi connectivity index (χ0v) is 9.53. The molecule has 0 atom stereocenters. The van der Waals surface area contributed by atoms with Crippen molar-refractivity contribution in [3.8, 4) is 0 Å². The maximum atomic E-state index is 11.5. The third-order valence-corrected chi connectivity index (χ3v) is 2.46. The molecular formula is C12H9BrO2. The summed E-state index contributed by atoms with van der Waals surface area (Å²) >= 11 is 3.30. The number of benzene rings is 1.